The van der Waals surface area contributed by atoms with Crippen molar-refractivity contribution in [2.45, 2.75) is 19.8 Å². The third-order valence-electron chi connectivity index (χ3n) is 2.15. The summed E-state index contributed by atoms with van der Waals surface area (Å²) in [4.78, 5) is 4.32. The molecule has 15 heavy (non-hydrogen) atoms. The van der Waals surface area contributed by atoms with Crippen molar-refractivity contribution in [1.82, 2.24) is 14.6 Å². The minimum Gasteiger partial charge on any atom is -0.387 e. The summed E-state index contributed by atoms with van der Waals surface area (Å²) in [6.45, 7) is 2.02. The molecule has 0 amide bonds. The number of nitrogens with two attached hydrogens (primary N) is 1. The quantitative estimate of drug-likeness (QED) is 0.571. The maximum atomic E-state index is 7.21. The molecule has 2 heterocycles. The highest BCUT2D eigenvalue weighted by molar-refractivity contribution is 5.79. The third kappa shape index (κ3) is 1.96. The van der Waals surface area contributed by atoms with Gasteiger partial charge in [-0.25, -0.2) is 9.50 Å². The molecule has 0 radical (unpaired) electrons. The van der Waals surface area contributed by atoms with E-state index in [-0.39, 0.29) is 5.84 Å². The molecule has 3 N–H and O–H groups in total. The Morgan fingerprint density at radius 1 is 1.53 bits per heavy atom. The van der Waals surface area contributed by atoms with E-state index >= 15 is 0 Å². The largest absolute Gasteiger partial charge is 0.387 e. The highest BCUT2D eigenvalue weighted by Gasteiger charge is 2.02. The molecule has 0 spiro atoms. The average molecular weight is 203 g/mol. The summed E-state index contributed by atoms with van der Waals surface area (Å²) in [6.07, 6.45) is 3.14. The third-order valence-corrected chi connectivity index (χ3v) is 2.15. The standard InChI is InChI=1S/C10H13N5/c1-2-9-13-10-4-3-7(5-8(11)12)6-15(10)14-9/h3-4,6H,2,5H2,1H3,(H3,11,12). The summed E-state index contributed by atoms with van der Waals surface area (Å²) in [5.41, 5.74) is 7.15. The van der Waals surface area contributed by atoms with Gasteiger partial charge in [0, 0.05) is 19.0 Å². The predicted molar refractivity (Wildman–Crippen MR) is 58.0 cm³/mol. The predicted octanol–water partition coefficient (Wildman–Crippen LogP) is 0.770. The lowest BCUT2D eigenvalue weighted by Crippen LogP contribution is -2.13. The summed E-state index contributed by atoms with van der Waals surface area (Å²) in [5.74, 6) is 0.986. The van der Waals surface area contributed by atoms with Crippen LogP contribution in [0.25, 0.3) is 5.65 Å². The molecule has 0 bridgehead atoms. The first-order chi connectivity index (χ1) is 7.19. The van der Waals surface area contributed by atoms with Crippen LogP contribution in [0.4, 0.5) is 0 Å². The van der Waals surface area contributed by atoms with Crippen molar-refractivity contribution in [1.29, 1.82) is 5.41 Å². The molecule has 2 aromatic heterocycles. The molecule has 0 unspecified atom stereocenters. The van der Waals surface area contributed by atoms with Gasteiger partial charge in [0.25, 0.3) is 0 Å². The maximum Gasteiger partial charge on any atom is 0.155 e. The van der Waals surface area contributed by atoms with Gasteiger partial charge in [-0.2, -0.15) is 5.10 Å². The van der Waals surface area contributed by atoms with Crippen molar-refractivity contribution in [3.8, 4) is 0 Å². The van der Waals surface area contributed by atoms with Crippen molar-refractivity contribution < 1.29 is 0 Å². The lowest BCUT2D eigenvalue weighted by molar-refractivity contribution is 0.879. The Bertz CT molecular complexity index is 499. The van der Waals surface area contributed by atoms with Gasteiger partial charge in [-0.15, -0.1) is 0 Å². The Hall–Kier alpha value is -1.91. The molecule has 5 nitrogen and oxygen atoms in total. The number of pyridine rings is 1. The van der Waals surface area contributed by atoms with E-state index in [0.717, 1.165) is 23.5 Å². The van der Waals surface area contributed by atoms with Crippen LogP contribution in [-0.4, -0.2) is 20.4 Å². The van der Waals surface area contributed by atoms with Gasteiger partial charge in [-0.3, -0.25) is 5.41 Å². The Morgan fingerprint density at radius 2 is 2.33 bits per heavy atom. The number of hydrogen-bond acceptors (Lipinski definition) is 3. The van der Waals surface area contributed by atoms with E-state index in [2.05, 4.69) is 10.1 Å². The second-order valence-electron chi connectivity index (χ2n) is 3.42. The second-order valence-corrected chi connectivity index (χ2v) is 3.42. The van der Waals surface area contributed by atoms with E-state index in [0.29, 0.717) is 6.42 Å². The molecule has 0 aliphatic rings. The molecule has 0 aliphatic carbocycles. The molecule has 0 saturated heterocycles. The summed E-state index contributed by atoms with van der Waals surface area (Å²) < 4.78 is 1.73. The van der Waals surface area contributed by atoms with Crippen LogP contribution in [0.15, 0.2) is 18.3 Å². The molecule has 0 fully saturated rings. The number of aromatic nitrogens is 3. The van der Waals surface area contributed by atoms with Gasteiger partial charge in [0.15, 0.2) is 11.5 Å². The van der Waals surface area contributed by atoms with Crippen molar-refractivity contribution in [2.75, 3.05) is 0 Å². The van der Waals surface area contributed by atoms with Crippen LogP contribution in [0.1, 0.15) is 18.3 Å². The molecule has 5 heteroatoms. The Morgan fingerprint density at radius 3 is 3.00 bits per heavy atom. The summed E-state index contributed by atoms with van der Waals surface area (Å²) in [5, 5.41) is 11.5. The van der Waals surface area contributed by atoms with Gasteiger partial charge in [0.2, 0.25) is 0 Å². The molecule has 0 aliphatic heterocycles. The molecule has 78 valence electrons. The fourth-order valence-corrected chi connectivity index (χ4v) is 1.45. The van der Waals surface area contributed by atoms with Gasteiger partial charge in [-0.1, -0.05) is 13.0 Å². The highest BCUT2D eigenvalue weighted by Crippen LogP contribution is 2.05. The Kier molecular flexibility index (Phi) is 2.37. The maximum absolute atomic E-state index is 7.21. The number of aryl methyl sites for hydroxylation is 1. The fourth-order valence-electron chi connectivity index (χ4n) is 1.45. The van der Waals surface area contributed by atoms with Gasteiger partial charge in [0.1, 0.15) is 0 Å². The van der Waals surface area contributed by atoms with E-state index in [1.807, 2.05) is 25.3 Å². The number of hydrogen-bond donors (Lipinski definition) is 2. The zero-order chi connectivity index (χ0) is 10.8. The van der Waals surface area contributed by atoms with Crippen LogP contribution >= 0.6 is 0 Å². The SMILES string of the molecule is CCc1nc2ccc(CC(=N)N)cn2n1. The zero-order valence-corrected chi connectivity index (χ0v) is 8.57. The molecule has 0 saturated carbocycles. The summed E-state index contributed by atoms with van der Waals surface area (Å²) >= 11 is 0. The molecular weight excluding hydrogens is 190 g/mol. The zero-order valence-electron chi connectivity index (χ0n) is 8.57. The number of fused-ring (bicyclic) bond motifs is 1. The summed E-state index contributed by atoms with van der Waals surface area (Å²) in [7, 11) is 0. The van der Waals surface area contributed by atoms with E-state index in [1.54, 1.807) is 4.52 Å². The fraction of sp³-hybridized carbons (Fsp3) is 0.300. The monoisotopic (exact) mass is 203 g/mol. The minimum atomic E-state index is 0.158. The van der Waals surface area contributed by atoms with Crippen LogP contribution in [0.2, 0.25) is 0 Å². The first kappa shape index (κ1) is 9.64. The highest BCUT2D eigenvalue weighted by atomic mass is 15.3. The Balaban J connectivity index is 2.41. The Labute approximate surface area is 87.4 Å². The smallest absolute Gasteiger partial charge is 0.155 e. The van der Waals surface area contributed by atoms with Crippen molar-refractivity contribution >= 4 is 11.5 Å². The van der Waals surface area contributed by atoms with E-state index in [4.69, 9.17) is 11.1 Å². The number of rotatable bonds is 3. The van der Waals surface area contributed by atoms with Crippen LogP contribution in [0.5, 0.6) is 0 Å². The van der Waals surface area contributed by atoms with Crippen LogP contribution < -0.4 is 5.73 Å². The van der Waals surface area contributed by atoms with Crippen LogP contribution in [0, 0.1) is 5.41 Å². The van der Waals surface area contributed by atoms with Crippen LogP contribution in [-0.2, 0) is 12.8 Å². The molecule has 0 atom stereocenters. The molecule has 2 rings (SSSR count). The first-order valence-corrected chi connectivity index (χ1v) is 4.86. The van der Waals surface area contributed by atoms with E-state index in [9.17, 15) is 0 Å². The average Bonchev–Trinajstić information content (AvgIpc) is 2.58. The topological polar surface area (TPSA) is 80.1 Å². The van der Waals surface area contributed by atoms with Crippen LogP contribution in [0.3, 0.4) is 0 Å². The summed E-state index contributed by atoms with van der Waals surface area (Å²) in [6, 6.07) is 3.81. The van der Waals surface area contributed by atoms with E-state index < -0.39 is 0 Å². The first-order valence-electron chi connectivity index (χ1n) is 4.86. The molecule has 0 aromatic carbocycles. The van der Waals surface area contributed by atoms with Crippen molar-refractivity contribution in [3.63, 3.8) is 0 Å². The number of nitrogens with one attached hydrogen (secondary N) is 1. The lowest BCUT2D eigenvalue weighted by atomic mass is 10.2. The van der Waals surface area contributed by atoms with Gasteiger partial charge in [0.05, 0.1) is 5.84 Å². The number of nitrogens with zero attached hydrogens (tertiary/aromatic N) is 3. The van der Waals surface area contributed by atoms with Gasteiger partial charge in [-0.05, 0) is 11.6 Å². The van der Waals surface area contributed by atoms with E-state index in [1.165, 1.54) is 0 Å². The minimum absolute atomic E-state index is 0.158. The normalized spacial score (nSPS) is 10.7. The lowest BCUT2D eigenvalue weighted by Gasteiger charge is -1.99. The van der Waals surface area contributed by atoms with Gasteiger partial charge < -0.3 is 5.73 Å². The van der Waals surface area contributed by atoms with Crippen molar-refractivity contribution in [3.05, 3.63) is 29.7 Å². The number of amidine groups is 1. The van der Waals surface area contributed by atoms with Gasteiger partial charge >= 0.3 is 0 Å². The van der Waals surface area contributed by atoms with Crippen molar-refractivity contribution in [2.24, 2.45) is 5.73 Å². The molecular formula is C10H13N5. The molecule has 2 aromatic rings. The second kappa shape index (κ2) is 3.68.